The molecule has 0 saturated heterocycles. The molecule has 0 saturated carbocycles. The molecular formula is C23H33FN2O. The maximum Gasteiger partial charge on any atom is 0.159 e. The zero-order valence-electron chi connectivity index (χ0n) is 16.8. The first-order valence-electron chi connectivity index (χ1n) is 10.4. The van der Waals surface area contributed by atoms with Crippen molar-refractivity contribution in [3.63, 3.8) is 0 Å². The fourth-order valence-corrected chi connectivity index (χ4v) is 2.99. The quantitative estimate of drug-likeness (QED) is 0.373. The molecule has 0 aliphatic rings. The van der Waals surface area contributed by atoms with E-state index in [9.17, 15) is 4.39 Å². The van der Waals surface area contributed by atoms with Gasteiger partial charge in [-0.25, -0.2) is 14.4 Å². The summed E-state index contributed by atoms with van der Waals surface area (Å²) >= 11 is 0. The average molecular weight is 373 g/mol. The molecule has 0 aliphatic carbocycles. The van der Waals surface area contributed by atoms with Crippen LogP contribution in [-0.4, -0.2) is 22.7 Å². The van der Waals surface area contributed by atoms with Gasteiger partial charge in [0.2, 0.25) is 0 Å². The molecule has 0 radical (unpaired) electrons. The third-order valence-corrected chi connectivity index (χ3v) is 4.65. The summed E-state index contributed by atoms with van der Waals surface area (Å²) in [5.41, 5.74) is 2.03. The van der Waals surface area contributed by atoms with Crippen molar-refractivity contribution in [1.29, 1.82) is 0 Å². The molecule has 0 bridgehead atoms. The van der Waals surface area contributed by atoms with Crippen molar-refractivity contribution in [1.82, 2.24) is 9.97 Å². The molecule has 2 rings (SSSR count). The SMILES string of the molecule is CCCCCCCCOc1ccc(-c2ncc(CCCC(C)F)cn2)cc1. The molecule has 1 heterocycles. The van der Waals surface area contributed by atoms with E-state index in [1.807, 2.05) is 36.7 Å². The monoisotopic (exact) mass is 372 g/mol. The number of benzene rings is 1. The summed E-state index contributed by atoms with van der Waals surface area (Å²) in [6.07, 6.45) is 12.8. The van der Waals surface area contributed by atoms with Crippen LogP contribution in [0.4, 0.5) is 4.39 Å². The summed E-state index contributed by atoms with van der Waals surface area (Å²) in [4.78, 5) is 8.88. The zero-order chi connectivity index (χ0) is 19.3. The third-order valence-electron chi connectivity index (χ3n) is 4.65. The molecular weight excluding hydrogens is 339 g/mol. The Hall–Kier alpha value is -1.97. The van der Waals surface area contributed by atoms with Crippen LogP contribution in [0.2, 0.25) is 0 Å². The molecule has 1 aromatic heterocycles. The van der Waals surface area contributed by atoms with Crippen molar-refractivity contribution in [3.8, 4) is 17.1 Å². The summed E-state index contributed by atoms with van der Waals surface area (Å²) in [6, 6.07) is 7.95. The molecule has 2 aromatic rings. The van der Waals surface area contributed by atoms with Crippen LogP contribution in [0.1, 0.15) is 70.8 Å². The van der Waals surface area contributed by atoms with E-state index in [4.69, 9.17) is 4.74 Å². The van der Waals surface area contributed by atoms with E-state index >= 15 is 0 Å². The number of ether oxygens (including phenoxy) is 1. The van der Waals surface area contributed by atoms with Gasteiger partial charge in [-0.15, -0.1) is 0 Å². The van der Waals surface area contributed by atoms with Gasteiger partial charge in [0.15, 0.2) is 5.82 Å². The second-order valence-corrected chi connectivity index (χ2v) is 7.23. The summed E-state index contributed by atoms with van der Waals surface area (Å²) < 4.78 is 18.7. The van der Waals surface area contributed by atoms with E-state index in [1.165, 1.54) is 32.1 Å². The predicted molar refractivity (Wildman–Crippen MR) is 110 cm³/mol. The van der Waals surface area contributed by atoms with Crippen LogP contribution in [0.5, 0.6) is 5.75 Å². The van der Waals surface area contributed by atoms with Crippen molar-refractivity contribution in [2.75, 3.05) is 6.61 Å². The molecule has 4 heteroatoms. The van der Waals surface area contributed by atoms with Crippen LogP contribution in [0.3, 0.4) is 0 Å². The molecule has 3 nitrogen and oxygen atoms in total. The van der Waals surface area contributed by atoms with E-state index < -0.39 is 6.17 Å². The van der Waals surface area contributed by atoms with Gasteiger partial charge in [-0.1, -0.05) is 39.0 Å². The number of aryl methyl sites for hydroxylation is 1. The van der Waals surface area contributed by atoms with Gasteiger partial charge in [0.25, 0.3) is 0 Å². The number of rotatable bonds is 13. The summed E-state index contributed by atoms with van der Waals surface area (Å²) in [6.45, 7) is 4.61. The smallest absolute Gasteiger partial charge is 0.159 e. The van der Waals surface area contributed by atoms with Crippen LogP contribution in [0.25, 0.3) is 11.4 Å². The molecule has 148 valence electrons. The van der Waals surface area contributed by atoms with Gasteiger partial charge in [0.1, 0.15) is 5.75 Å². The largest absolute Gasteiger partial charge is 0.494 e. The third kappa shape index (κ3) is 8.51. The average Bonchev–Trinajstić information content (AvgIpc) is 2.68. The summed E-state index contributed by atoms with van der Waals surface area (Å²) in [5, 5.41) is 0. The van der Waals surface area contributed by atoms with E-state index in [0.29, 0.717) is 12.2 Å². The lowest BCUT2D eigenvalue weighted by molar-refractivity contribution is 0.304. The van der Waals surface area contributed by atoms with Crippen LogP contribution < -0.4 is 4.74 Å². The first-order chi connectivity index (χ1) is 13.2. The predicted octanol–water partition coefficient (Wildman–Crippen LogP) is 6.56. The first-order valence-corrected chi connectivity index (χ1v) is 10.4. The first kappa shape index (κ1) is 21.3. The standard InChI is InChI=1S/C23H33FN2O/c1-3-4-5-6-7-8-16-27-22-14-12-21(13-15-22)23-25-17-20(18-26-23)11-9-10-19(2)24/h12-15,17-19H,3-11,16H2,1-2H3. The second kappa shape index (κ2) is 12.4. The Morgan fingerprint density at radius 3 is 2.26 bits per heavy atom. The second-order valence-electron chi connectivity index (χ2n) is 7.23. The molecule has 27 heavy (non-hydrogen) atoms. The summed E-state index contributed by atoms with van der Waals surface area (Å²) in [7, 11) is 0. The van der Waals surface area contributed by atoms with Gasteiger partial charge < -0.3 is 4.74 Å². The number of alkyl halides is 1. The maximum atomic E-state index is 12.8. The van der Waals surface area contributed by atoms with Gasteiger partial charge in [0.05, 0.1) is 12.8 Å². The number of aromatic nitrogens is 2. The maximum absolute atomic E-state index is 12.8. The molecule has 0 fully saturated rings. The zero-order valence-corrected chi connectivity index (χ0v) is 16.8. The van der Waals surface area contributed by atoms with Gasteiger partial charge in [-0.2, -0.15) is 0 Å². The normalized spacial score (nSPS) is 12.1. The lowest BCUT2D eigenvalue weighted by Gasteiger charge is -2.07. The van der Waals surface area contributed by atoms with Crippen molar-refractivity contribution in [3.05, 3.63) is 42.2 Å². The molecule has 1 unspecified atom stereocenters. The van der Waals surface area contributed by atoms with Gasteiger partial charge in [-0.3, -0.25) is 0 Å². The van der Waals surface area contributed by atoms with E-state index in [1.54, 1.807) is 6.92 Å². The number of nitrogens with zero attached hydrogens (tertiary/aromatic N) is 2. The Kier molecular flexibility index (Phi) is 9.81. The van der Waals surface area contributed by atoms with E-state index in [2.05, 4.69) is 16.9 Å². The highest BCUT2D eigenvalue weighted by molar-refractivity contribution is 5.55. The molecule has 1 atom stereocenters. The van der Waals surface area contributed by atoms with Crippen LogP contribution in [0, 0.1) is 0 Å². The minimum Gasteiger partial charge on any atom is -0.494 e. The highest BCUT2D eigenvalue weighted by Crippen LogP contribution is 2.20. The number of hydrogen-bond acceptors (Lipinski definition) is 3. The Labute approximate surface area is 163 Å². The van der Waals surface area contributed by atoms with E-state index in [0.717, 1.165) is 42.7 Å². The minimum absolute atomic E-state index is 0.585. The molecule has 0 N–H and O–H groups in total. The number of hydrogen-bond donors (Lipinski definition) is 0. The van der Waals surface area contributed by atoms with Crippen molar-refractivity contribution >= 4 is 0 Å². The highest BCUT2D eigenvalue weighted by atomic mass is 19.1. The van der Waals surface area contributed by atoms with Crippen LogP contribution >= 0.6 is 0 Å². The van der Waals surface area contributed by atoms with Crippen molar-refractivity contribution in [2.45, 2.75) is 77.8 Å². The lowest BCUT2D eigenvalue weighted by Crippen LogP contribution is -1.98. The van der Waals surface area contributed by atoms with Crippen LogP contribution in [-0.2, 0) is 6.42 Å². The topological polar surface area (TPSA) is 35.0 Å². The minimum atomic E-state index is -0.744. The molecule has 0 spiro atoms. The summed E-state index contributed by atoms with van der Waals surface area (Å²) in [5.74, 6) is 1.60. The van der Waals surface area contributed by atoms with Crippen LogP contribution in [0.15, 0.2) is 36.7 Å². The van der Waals surface area contributed by atoms with E-state index in [-0.39, 0.29) is 0 Å². The van der Waals surface area contributed by atoms with Gasteiger partial charge in [0, 0.05) is 18.0 Å². The van der Waals surface area contributed by atoms with Gasteiger partial charge >= 0.3 is 0 Å². The number of halogens is 1. The Morgan fingerprint density at radius 2 is 1.59 bits per heavy atom. The van der Waals surface area contributed by atoms with Crippen molar-refractivity contribution < 1.29 is 9.13 Å². The Balaban J connectivity index is 1.74. The van der Waals surface area contributed by atoms with Crippen molar-refractivity contribution in [2.24, 2.45) is 0 Å². The molecule has 0 amide bonds. The Bertz CT molecular complexity index is 626. The molecule has 1 aromatic carbocycles. The Morgan fingerprint density at radius 1 is 0.926 bits per heavy atom. The molecule has 0 aliphatic heterocycles. The fourth-order valence-electron chi connectivity index (χ4n) is 2.99. The van der Waals surface area contributed by atoms with Gasteiger partial charge in [-0.05, 0) is 62.4 Å². The fraction of sp³-hybridized carbons (Fsp3) is 0.565. The number of unbranched alkanes of at least 4 members (excludes halogenated alkanes) is 5. The highest BCUT2D eigenvalue weighted by Gasteiger charge is 2.04. The lowest BCUT2D eigenvalue weighted by atomic mass is 10.1.